The number of aromatic nitrogens is 2. The van der Waals surface area contributed by atoms with Crippen molar-refractivity contribution < 1.29 is 4.74 Å². The second-order valence-electron chi connectivity index (χ2n) is 5.27. The summed E-state index contributed by atoms with van der Waals surface area (Å²) in [5.74, 6) is 1.77. The largest absolute Gasteiger partial charge is 0.374 e. The fourth-order valence-corrected chi connectivity index (χ4v) is 3.94. The molecule has 4 nitrogen and oxygen atoms in total. The van der Waals surface area contributed by atoms with Crippen molar-refractivity contribution in [3.63, 3.8) is 0 Å². The zero-order valence-corrected chi connectivity index (χ0v) is 13.1. The average molecular weight is 291 g/mol. The third-order valence-corrected chi connectivity index (χ3v) is 5.03. The van der Waals surface area contributed by atoms with Crippen LogP contribution in [-0.4, -0.2) is 23.6 Å². The quantitative estimate of drug-likeness (QED) is 0.912. The van der Waals surface area contributed by atoms with Crippen LogP contribution < -0.4 is 5.32 Å². The minimum Gasteiger partial charge on any atom is -0.374 e. The van der Waals surface area contributed by atoms with Crippen LogP contribution >= 0.6 is 11.3 Å². The summed E-state index contributed by atoms with van der Waals surface area (Å²) in [6.07, 6.45) is 4.64. The lowest BCUT2D eigenvalue weighted by molar-refractivity contribution is 0.112. The first-order valence-corrected chi connectivity index (χ1v) is 8.15. The molecular formula is C15H21N3OS. The van der Waals surface area contributed by atoms with Crippen molar-refractivity contribution >= 4 is 27.4 Å². The summed E-state index contributed by atoms with van der Waals surface area (Å²) < 4.78 is 5.37. The summed E-state index contributed by atoms with van der Waals surface area (Å²) in [4.78, 5) is 12.0. The van der Waals surface area contributed by atoms with E-state index in [1.165, 1.54) is 35.1 Å². The molecule has 1 aliphatic carbocycles. The Morgan fingerprint density at radius 3 is 2.95 bits per heavy atom. The lowest BCUT2D eigenvalue weighted by Gasteiger charge is -2.12. The zero-order valence-electron chi connectivity index (χ0n) is 12.3. The lowest BCUT2D eigenvalue weighted by atomic mass is 10.2. The van der Waals surface area contributed by atoms with Gasteiger partial charge in [0.15, 0.2) is 5.82 Å². The minimum absolute atomic E-state index is 0.0708. The molecule has 20 heavy (non-hydrogen) atoms. The van der Waals surface area contributed by atoms with E-state index >= 15 is 0 Å². The molecule has 5 heteroatoms. The maximum absolute atomic E-state index is 5.37. The predicted octanol–water partition coefficient (Wildman–Crippen LogP) is 3.71. The normalized spacial score (nSPS) is 15.6. The Labute approximate surface area is 123 Å². The fraction of sp³-hybridized carbons (Fsp3) is 0.600. The maximum atomic E-state index is 5.37. The monoisotopic (exact) mass is 291 g/mol. The number of hydrogen-bond acceptors (Lipinski definition) is 5. The SMILES string of the molecule is CCCNc1nc(C(C)OC)nc2sc3c(c12)CCC3. The maximum Gasteiger partial charge on any atom is 0.160 e. The van der Waals surface area contributed by atoms with Crippen LogP contribution in [0.4, 0.5) is 5.82 Å². The first-order chi connectivity index (χ1) is 9.74. The Balaban J connectivity index is 2.13. The van der Waals surface area contributed by atoms with Crippen LogP contribution in [0.1, 0.15) is 49.1 Å². The van der Waals surface area contributed by atoms with Crippen LogP contribution in [0, 0.1) is 0 Å². The summed E-state index contributed by atoms with van der Waals surface area (Å²) in [5.41, 5.74) is 1.47. The van der Waals surface area contributed by atoms with Crippen LogP contribution in [0.25, 0.3) is 10.2 Å². The topological polar surface area (TPSA) is 47.0 Å². The van der Waals surface area contributed by atoms with Gasteiger partial charge in [-0.3, -0.25) is 0 Å². The van der Waals surface area contributed by atoms with Gasteiger partial charge in [0.05, 0.1) is 5.39 Å². The van der Waals surface area contributed by atoms with Gasteiger partial charge in [-0.25, -0.2) is 9.97 Å². The number of nitrogens with zero attached hydrogens (tertiary/aromatic N) is 2. The smallest absolute Gasteiger partial charge is 0.160 e. The van der Waals surface area contributed by atoms with E-state index in [2.05, 4.69) is 12.2 Å². The highest BCUT2D eigenvalue weighted by atomic mass is 32.1. The Bertz CT molecular complexity index is 623. The highest BCUT2D eigenvalue weighted by molar-refractivity contribution is 7.19. The third-order valence-electron chi connectivity index (χ3n) is 3.84. The molecule has 1 atom stereocenters. The molecule has 0 aromatic carbocycles. The van der Waals surface area contributed by atoms with Crippen LogP contribution in [-0.2, 0) is 17.6 Å². The van der Waals surface area contributed by atoms with Crippen LogP contribution in [0.5, 0.6) is 0 Å². The van der Waals surface area contributed by atoms with Crippen molar-refractivity contribution in [3.05, 3.63) is 16.3 Å². The van der Waals surface area contributed by atoms with Crippen molar-refractivity contribution in [3.8, 4) is 0 Å². The Morgan fingerprint density at radius 1 is 1.35 bits per heavy atom. The summed E-state index contributed by atoms with van der Waals surface area (Å²) in [6, 6.07) is 0. The number of aryl methyl sites for hydroxylation is 2. The van der Waals surface area contributed by atoms with E-state index in [9.17, 15) is 0 Å². The van der Waals surface area contributed by atoms with Crippen LogP contribution in [0.15, 0.2) is 0 Å². The molecule has 1 unspecified atom stereocenters. The molecule has 0 radical (unpaired) electrons. The Hall–Kier alpha value is -1.20. The van der Waals surface area contributed by atoms with E-state index < -0.39 is 0 Å². The Morgan fingerprint density at radius 2 is 2.20 bits per heavy atom. The van der Waals surface area contributed by atoms with E-state index in [0.29, 0.717) is 0 Å². The van der Waals surface area contributed by atoms with Crippen LogP contribution in [0.2, 0.25) is 0 Å². The molecule has 1 N–H and O–H groups in total. The summed E-state index contributed by atoms with van der Waals surface area (Å²) in [5, 5.41) is 4.73. The van der Waals surface area contributed by atoms with E-state index in [-0.39, 0.29) is 6.10 Å². The average Bonchev–Trinajstić information content (AvgIpc) is 3.03. The zero-order chi connectivity index (χ0) is 14.1. The van der Waals surface area contributed by atoms with E-state index in [0.717, 1.165) is 29.4 Å². The van der Waals surface area contributed by atoms with Gasteiger partial charge in [-0.15, -0.1) is 11.3 Å². The van der Waals surface area contributed by atoms with Gasteiger partial charge in [0.25, 0.3) is 0 Å². The summed E-state index contributed by atoms with van der Waals surface area (Å²) in [6.45, 7) is 5.10. The van der Waals surface area contributed by atoms with Crippen molar-refractivity contribution in [1.29, 1.82) is 0 Å². The molecule has 0 bridgehead atoms. The van der Waals surface area contributed by atoms with E-state index in [1.54, 1.807) is 7.11 Å². The number of rotatable bonds is 5. The highest BCUT2D eigenvalue weighted by Gasteiger charge is 2.23. The van der Waals surface area contributed by atoms with Gasteiger partial charge < -0.3 is 10.1 Å². The summed E-state index contributed by atoms with van der Waals surface area (Å²) in [7, 11) is 1.70. The molecule has 2 aromatic heterocycles. The first kappa shape index (κ1) is 13.8. The molecule has 3 rings (SSSR count). The number of fused-ring (bicyclic) bond motifs is 3. The molecule has 2 aromatic rings. The number of nitrogens with one attached hydrogen (secondary N) is 1. The summed E-state index contributed by atoms with van der Waals surface area (Å²) >= 11 is 1.83. The molecule has 0 amide bonds. The van der Waals surface area contributed by atoms with Gasteiger partial charge in [-0.2, -0.15) is 0 Å². The fourth-order valence-electron chi connectivity index (χ4n) is 2.67. The number of hydrogen-bond donors (Lipinski definition) is 1. The van der Waals surface area contributed by atoms with Gasteiger partial charge in [0.2, 0.25) is 0 Å². The van der Waals surface area contributed by atoms with Crippen molar-refractivity contribution in [2.24, 2.45) is 0 Å². The third kappa shape index (κ3) is 2.29. The molecule has 0 saturated heterocycles. The molecule has 1 aliphatic rings. The second-order valence-corrected chi connectivity index (χ2v) is 6.36. The van der Waals surface area contributed by atoms with Gasteiger partial charge >= 0.3 is 0 Å². The minimum atomic E-state index is -0.0708. The molecule has 2 heterocycles. The molecule has 0 fully saturated rings. The van der Waals surface area contributed by atoms with Gasteiger partial charge in [0, 0.05) is 18.5 Å². The van der Waals surface area contributed by atoms with Gasteiger partial charge in [-0.1, -0.05) is 6.92 Å². The van der Waals surface area contributed by atoms with Gasteiger partial charge in [0.1, 0.15) is 16.8 Å². The number of methoxy groups -OCH3 is 1. The molecule has 0 spiro atoms. The molecular weight excluding hydrogens is 270 g/mol. The standard InChI is InChI=1S/C15H21N3OS/c1-4-8-16-14-12-10-6-5-7-11(10)20-15(12)18-13(17-14)9(2)19-3/h9H,4-8H2,1-3H3,(H,16,17,18). The predicted molar refractivity (Wildman–Crippen MR) is 83.6 cm³/mol. The highest BCUT2D eigenvalue weighted by Crippen LogP contribution is 2.40. The van der Waals surface area contributed by atoms with Crippen molar-refractivity contribution in [2.45, 2.75) is 45.6 Å². The molecule has 0 saturated carbocycles. The van der Waals surface area contributed by atoms with Crippen molar-refractivity contribution in [2.75, 3.05) is 19.0 Å². The Kier molecular flexibility index (Phi) is 3.89. The van der Waals surface area contributed by atoms with Crippen molar-refractivity contribution in [1.82, 2.24) is 9.97 Å². The lowest BCUT2D eigenvalue weighted by Crippen LogP contribution is -2.08. The first-order valence-electron chi connectivity index (χ1n) is 7.33. The number of thiophene rings is 1. The molecule has 0 aliphatic heterocycles. The number of anilines is 1. The molecule has 108 valence electrons. The van der Waals surface area contributed by atoms with Gasteiger partial charge in [-0.05, 0) is 38.2 Å². The van der Waals surface area contributed by atoms with E-state index in [1.807, 2.05) is 18.3 Å². The number of ether oxygens (including phenoxy) is 1. The van der Waals surface area contributed by atoms with Crippen LogP contribution in [0.3, 0.4) is 0 Å². The van der Waals surface area contributed by atoms with E-state index in [4.69, 9.17) is 14.7 Å². The second kappa shape index (κ2) is 5.66.